The molecule has 0 amide bonds. The predicted molar refractivity (Wildman–Crippen MR) is 73.5 cm³/mol. The number of nitrogens with one attached hydrogen (secondary N) is 1. The summed E-state index contributed by atoms with van der Waals surface area (Å²) in [5.74, 6) is 0. The van der Waals surface area contributed by atoms with Crippen molar-refractivity contribution in [1.82, 2.24) is 0 Å². The molecule has 1 heterocycles. The number of ether oxygens (including phenoxy) is 1. The van der Waals surface area contributed by atoms with Gasteiger partial charge in [0.15, 0.2) is 0 Å². The van der Waals surface area contributed by atoms with Crippen molar-refractivity contribution in [2.75, 3.05) is 17.1 Å². The van der Waals surface area contributed by atoms with Gasteiger partial charge in [0.1, 0.15) is 0 Å². The van der Waals surface area contributed by atoms with Crippen LogP contribution in [0.3, 0.4) is 0 Å². The van der Waals surface area contributed by atoms with Crippen LogP contribution in [0.2, 0.25) is 0 Å². The number of para-hydroxylation sites is 1. The molecule has 0 spiro atoms. The van der Waals surface area contributed by atoms with E-state index in [9.17, 15) is 0 Å². The van der Waals surface area contributed by atoms with E-state index in [0.717, 1.165) is 18.9 Å². The van der Waals surface area contributed by atoms with Gasteiger partial charge in [-0.05, 0) is 12.8 Å². The van der Waals surface area contributed by atoms with Crippen molar-refractivity contribution in [2.24, 2.45) is 0 Å². The fourth-order valence-corrected chi connectivity index (χ4v) is 5.88. The molecule has 1 aromatic carbocycles. The van der Waals surface area contributed by atoms with E-state index in [1.54, 1.807) is 12.1 Å². The molecule has 0 saturated carbocycles. The van der Waals surface area contributed by atoms with E-state index in [1.165, 1.54) is 12.8 Å². The molecule has 1 aliphatic heterocycles. The zero-order valence-electron chi connectivity index (χ0n) is 9.04. The Morgan fingerprint density at radius 3 is 1.82 bits per heavy atom. The van der Waals surface area contributed by atoms with Crippen LogP contribution in [0, 0.1) is 0 Å². The first kappa shape index (κ1) is 15.9. The standard InChI is InChI=1S/C6H6N.C4H8O.4ClH.W/c7-6-4-2-1-3-5-6;1-2-4-5-3-1;;;;;/h1-5,7H;1-4H2;4*1H;/q-1;;;;;;+5/p-4. The van der Waals surface area contributed by atoms with E-state index in [2.05, 4.69) is 3.88 Å². The number of rotatable bonds is 2. The van der Waals surface area contributed by atoms with Gasteiger partial charge in [0.2, 0.25) is 0 Å². The average Bonchev–Trinajstić information content (AvgIpc) is 2.72. The number of hydrogen-bond acceptors (Lipinski definition) is 2. The van der Waals surface area contributed by atoms with E-state index in [0.29, 0.717) is 0 Å². The van der Waals surface area contributed by atoms with Crippen LogP contribution >= 0.6 is 37.7 Å². The van der Waals surface area contributed by atoms with Gasteiger partial charge in [-0.2, -0.15) is 0 Å². The number of hydrogen-bond donors (Lipinski definition) is 1. The third-order valence-corrected chi connectivity index (χ3v) is 6.35. The summed E-state index contributed by atoms with van der Waals surface area (Å²) in [6.45, 7) is 2.00. The molecule has 2 rings (SSSR count). The summed E-state index contributed by atoms with van der Waals surface area (Å²) >= 11 is 0. The van der Waals surface area contributed by atoms with Crippen LogP contribution in [0.1, 0.15) is 12.8 Å². The van der Waals surface area contributed by atoms with Crippen molar-refractivity contribution in [1.29, 1.82) is 0 Å². The zero-order valence-corrected chi connectivity index (χ0v) is 15.0. The van der Waals surface area contributed by atoms with E-state index in [-0.39, 0.29) is 0 Å². The van der Waals surface area contributed by atoms with Crippen molar-refractivity contribution in [2.45, 2.75) is 12.8 Å². The number of halogens is 4. The molecule has 1 fully saturated rings. The number of anilines is 1. The van der Waals surface area contributed by atoms with Crippen LogP contribution in [0.4, 0.5) is 5.69 Å². The molecular formula is C10H14Cl4NOW. The summed E-state index contributed by atoms with van der Waals surface area (Å²) in [4.78, 5) is 0. The van der Waals surface area contributed by atoms with Crippen molar-refractivity contribution in [3.05, 3.63) is 30.3 Å². The summed E-state index contributed by atoms with van der Waals surface area (Å²) < 4.78 is 7.67. The van der Waals surface area contributed by atoms with E-state index >= 15 is 0 Å². The first-order valence-electron chi connectivity index (χ1n) is 5.06. The Hall–Kier alpha value is 0.828. The van der Waals surface area contributed by atoms with Gasteiger partial charge in [-0.15, -0.1) is 0 Å². The van der Waals surface area contributed by atoms with Gasteiger partial charge < -0.3 is 4.74 Å². The fourth-order valence-electron chi connectivity index (χ4n) is 1.19. The average molecular weight is 490 g/mol. The summed E-state index contributed by atoms with van der Waals surface area (Å²) in [7, 11) is 18.3. The van der Waals surface area contributed by atoms with Crippen molar-refractivity contribution >= 4 is 43.4 Å². The fraction of sp³-hybridized carbons (Fsp3) is 0.400. The minimum atomic E-state index is -4.52. The SMILES string of the molecule is C1CCOC1.[Cl][W]([Cl])([Cl])([Cl])[NH]c1ccccc1. The molecule has 0 unspecified atom stereocenters. The molecule has 1 N–H and O–H groups in total. The molecule has 0 atom stereocenters. The van der Waals surface area contributed by atoms with E-state index < -0.39 is 10.9 Å². The van der Waals surface area contributed by atoms with E-state index in [4.69, 9.17) is 42.4 Å². The van der Waals surface area contributed by atoms with Gasteiger partial charge in [-0.25, -0.2) is 0 Å². The second-order valence-corrected chi connectivity index (χ2v) is 36.9. The van der Waals surface area contributed by atoms with Crippen LogP contribution in [-0.4, -0.2) is 13.2 Å². The Morgan fingerprint density at radius 1 is 0.941 bits per heavy atom. The van der Waals surface area contributed by atoms with Crippen LogP contribution in [0.25, 0.3) is 0 Å². The maximum absolute atomic E-state index is 5.72. The molecule has 0 aromatic heterocycles. The first-order chi connectivity index (χ1) is 7.83. The summed E-state index contributed by atoms with van der Waals surface area (Å²) in [5.41, 5.74) is 0.734. The molecule has 99 valence electrons. The maximum atomic E-state index is 5.72. The molecule has 0 aliphatic carbocycles. The molecule has 7 heteroatoms. The summed E-state index contributed by atoms with van der Waals surface area (Å²) in [6.07, 6.45) is 2.56. The molecule has 2 nitrogen and oxygen atoms in total. The van der Waals surface area contributed by atoms with Crippen molar-refractivity contribution < 1.29 is 15.6 Å². The second-order valence-electron chi connectivity index (χ2n) is 3.45. The van der Waals surface area contributed by atoms with E-state index in [1.807, 2.05) is 18.2 Å². The number of benzene rings is 1. The first-order valence-corrected chi connectivity index (χ1v) is 21.1. The summed E-state index contributed by atoms with van der Waals surface area (Å²) in [5, 5.41) is 0. The zero-order chi connectivity index (χ0) is 12.8. The van der Waals surface area contributed by atoms with Gasteiger partial charge in [-0.1, -0.05) is 0 Å². The molecule has 1 aliphatic rings. The predicted octanol–water partition coefficient (Wildman–Crippen LogP) is 5.12. The second kappa shape index (κ2) is 6.84. The van der Waals surface area contributed by atoms with Gasteiger partial charge in [0, 0.05) is 13.2 Å². The van der Waals surface area contributed by atoms with Crippen molar-refractivity contribution in [3.8, 4) is 0 Å². The normalized spacial score (nSPS) is 17.5. The quantitative estimate of drug-likeness (QED) is 0.623. The van der Waals surface area contributed by atoms with Crippen molar-refractivity contribution in [3.63, 3.8) is 0 Å². The topological polar surface area (TPSA) is 21.3 Å². The van der Waals surface area contributed by atoms with Gasteiger partial charge in [-0.3, -0.25) is 0 Å². The minimum absolute atomic E-state index is 0.734. The Bertz CT molecular complexity index is 320. The Kier molecular flexibility index (Phi) is 6.39. The van der Waals surface area contributed by atoms with Crippen LogP contribution in [0.5, 0.6) is 0 Å². The van der Waals surface area contributed by atoms with Gasteiger partial charge >= 0.3 is 88.5 Å². The van der Waals surface area contributed by atoms with Crippen LogP contribution in [0.15, 0.2) is 30.3 Å². The summed E-state index contributed by atoms with van der Waals surface area (Å²) in [6, 6.07) is 9.14. The molecule has 0 bridgehead atoms. The molecule has 0 radical (unpaired) electrons. The Labute approximate surface area is 118 Å². The monoisotopic (exact) mass is 488 g/mol. The van der Waals surface area contributed by atoms with Gasteiger partial charge in [0.25, 0.3) is 0 Å². The molecular weight excluding hydrogens is 476 g/mol. The molecule has 1 saturated heterocycles. The Balaban J connectivity index is 0.000000239. The van der Waals surface area contributed by atoms with Crippen LogP contribution < -0.4 is 3.88 Å². The molecule has 1 aromatic rings. The Morgan fingerprint density at radius 2 is 1.47 bits per heavy atom. The molecule has 17 heavy (non-hydrogen) atoms. The van der Waals surface area contributed by atoms with Crippen LogP contribution in [-0.2, 0) is 15.6 Å². The van der Waals surface area contributed by atoms with Gasteiger partial charge in [0.05, 0.1) is 0 Å². The third kappa shape index (κ3) is 9.41. The third-order valence-electron chi connectivity index (χ3n) is 1.87.